The van der Waals surface area contributed by atoms with E-state index in [-0.39, 0.29) is 37.8 Å². The van der Waals surface area contributed by atoms with E-state index < -0.39 is 196 Å². The maximum absolute atomic E-state index is 14.9. The van der Waals surface area contributed by atoms with E-state index in [4.69, 9.17) is 52.1 Å². The molecule has 0 radical (unpaired) electrons. The van der Waals surface area contributed by atoms with Crippen molar-refractivity contribution in [3.05, 3.63) is 22.8 Å². The van der Waals surface area contributed by atoms with Gasteiger partial charge in [0.25, 0.3) is 0 Å². The number of hydrogen-bond donors (Lipinski definition) is 12. The number of hydrogen-bond acceptors (Lipinski definition) is 25. The molecule has 1 saturated carbocycles. The van der Waals surface area contributed by atoms with Crippen molar-refractivity contribution in [3.8, 4) is 0 Å². The zero-order chi connectivity index (χ0) is 53.1. The third-order valence-electron chi connectivity index (χ3n) is 17.9. The molecule has 12 N–H and O–H groups in total. The first-order chi connectivity index (χ1) is 35.0. The Labute approximate surface area is 425 Å². The van der Waals surface area contributed by atoms with Crippen LogP contribution in [0, 0.1) is 35.0 Å². The highest BCUT2D eigenvalue weighted by molar-refractivity contribution is 6.04. The van der Waals surface area contributed by atoms with Crippen LogP contribution in [0.25, 0.3) is 0 Å². The van der Waals surface area contributed by atoms with E-state index in [9.17, 15) is 70.9 Å². The molecule has 6 aliphatic heterocycles. The summed E-state index contributed by atoms with van der Waals surface area (Å²) in [7, 11) is 0. The topological polar surface area (TPSA) is 378 Å². The largest absolute Gasteiger partial charge is 0.465 e. The molecule has 0 aromatic rings. The van der Waals surface area contributed by atoms with Gasteiger partial charge in [-0.05, 0) is 44.4 Å². The minimum Gasteiger partial charge on any atom is -0.465 e. The van der Waals surface area contributed by atoms with Gasteiger partial charge in [-0.2, -0.15) is 0 Å². The summed E-state index contributed by atoms with van der Waals surface area (Å²) in [5, 5.41) is 132. The molecule has 7 fully saturated rings. The zero-order valence-electron chi connectivity index (χ0n) is 41.5. The first kappa shape index (κ1) is 55.1. The molecule has 0 unspecified atom stereocenters. The van der Waals surface area contributed by atoms with Gasteiger partial charge in [0, 0.05) is 36.2 Å². The van der Waals surface area contributed by atoms with Crippen LogP contribution in [-0.4, -0.2) is 247 Å². The average Bonchev–Trinajstić information content (AvgIpc) is 4.00. The molecule has 0 bridgehead atoms. The first-order valence-electron chi connectivity index (χ1n) is 25.7. The highest BCUT2D eigenvalue weighted by Gasteiger charge is 2.70. The Bertz CT molecular complexity index is 2150. The van der Waals surface area contributed by atoms with Crippen LogP contribution in [0.4, 0.5) is 0 Å². The first-order valence-corrected chi connectivity index (χ1v) is 25.7. The fraction of sp³-hybridized carbons (Fsp3) is 0.878. The maximum atomic E-state index is 14.9. The number of fused-ring (bicyclic) bond motifs is 6. The number of ether oxygens (including phenoxy) is 11. The molecule has 10 rings (SSSR count). The van der Waals surface area contributed by atoms with Crippen LogP contribution in [0.3, 0.4) is 0 Å². The fourth-order valence-corrected chi connectivity index (χ4v) is 13.6. The van der Waals surface area contributed by atoms with Gasteiger partial charge in [-0.25, -0.2) is 0 Å². The lowest BCUT2D eigenvalue weighted by Crippen LogP contribution is -2.65. The molecule has 4 aliphatic carbocycles. The zero-order valence-corrected chi connectivity index (χ0v) is 41.5. The summed E-state index contributed by atoms with van der Waals surface area (Å²) in [5.74, 6) is -5.37. The van der Waals surface area contributed by atoms with Crippen molar-refractivity contribution in [2.75, 3.05) is 39.6 Å². The summed E-state index contributed by atoms with van der Waals surface area (Å²) < 4.78 is 66.8. The van der Waals surface area contributed by atoms with Gasteiger partial charge < -0.3 is 113 Å². The van der Waals surface area contributed by atoms with Crippen molar-refractivity contribution < 1.29 is 123 Å². The van der Waals surface area contributed by atoms with Gasteiger partial charge in [0.15, 0.2) is 30.9 Å². The van der Waals surface area contributed by atoms with Gasteiger partial charge in [0.05, 0.1) is 63.4 Å². The van der Waals surface area contributed by atoms with Crippen molar-refractivity contribution in [3.63, 3.8) is 0 Å². The van der Waals surface area contributed by atoms with Crippen molar-refractivity contribution in [1.82, 2.24) is 0 Å². The van der Waals surface area contributed by atoms with Gasteiger partial charge in [0.1, 0.15) is 85.5 Å². The predicted octanol–water partition coefficient (Wildman–Crippen LogP) is -4.73. The second kappa shape index (κ2) is 20.8. The van der Waals surface area contributed by atoms with E-state index in [1.807, 2.05) is 13.0 Å². The smallest absolute Gasteiger partial charge is 0.302 e. The number of esters is 1. The summed E-state index contributed by atoms with van der Waals surface area (Å²) in [6, 6.07) is 0. The molecule has 25 heteroatoms. The summed E-state index contributed by atoms with van der Waals surface area (Å²) in [6.07, 6.45) is -26.7. The van der Waals surface area contributed by atoms with Crippen LogP contribution in [0.1, 0.15) is 59.8 Å². The van der Waals surface area contributed by atoms with Crippen LogP contribution in [0.2, 0.25) is 0 Å². The lowest BCUT2D eigenvalue weighted by atomic mass is 9.51. The third-order valence-corrected chi connectivity index (χ3v) is 17.9. The normalized spacial score (nSPS) is 53.3. The second-order valence-corrected chi connectivity index (χ2v) is 22.3. The SMILES string of the molecule is CC(=O)OC[C@H]1[C@@H]2C3=C(C(=O)[C@@H]2O[C@@]12OC[C@H](C)[C@@H](O)[C@@H]2O)[C@@H]1CC=C2C[C@@H](O)C[C@@H](O[C@@H]4OC[C@H](O)[C@H](O[C@@H]5OC[C@@H](O)[C@H](O)[C@H]5O)[C@H]4O[C@@H]4O[C@@H](C)[C@H](O)[C@@H](O[C@@H]5OC[C@](O)(CO)[C@H]5O)[C@H]4O)[C@]2(C)[C@H]1CC3. The molecule has 0 amide bonds. The van der Waals surface area contributed by atoms with E-state index in [0.29, 0.717) is 24.8 Å². The summed E-state index contributed by atoms with van der Waals surface area (Å²) in [4.78, 5) is 27.1. The molecule has 1 spiro atoms. The lowest BCUT2D eigenvalue weighted by Gasteiger charge is -2.57. The quantitative estimate of drug-likeness (QED) is 0.0683. The monoisotopic (exact) mass is 1060 g/mol. The molecular formula is C49H72O25. The van der Waals surface area contributed by atoms with Crippen molar-refractivity contribution in [1.29, 1.82) is 0 Å². The number of rotatable bonds is 11. The van der Waals surface area contributed by atoms with Gasteiger partial charge in [-0.1, -0.05) is 31.1 Å². The van der Waals surface area contributed by atoms with E-state index in [1.165, 1.54) is 13.8 Å². The highest BCUT2D eigenvalue weighted by Crippen LogP contribution is 2.64. The molecular weight excluding hydrogens is 989 g/mol. The number of Topliss-reactive ketones (excluding diaryl/α,β-unsaturated/α-hetero) is 1. The Hall–Kier alpha value is -2.26. The van der Waals surface area contributed by atoms with Crippen LogP contribution in [-0.2, 0) is 61.7 Å². The molecule has 10 aliphatic rings. The minimum atomic E-state index is -2.11. The van der Waals surface area contributed by atoms with E-state index in [0.717, 1.165) is 11.1 Å². The molecule has 25 nitrogen and oxygen atoms in total. The van der Waals surface area contributed by atoms with Gasteiger partial charge in [0.2, 0.25) is 5.79 Å². The van der Waals surface area contributed by atoms with Crippen molar-refractivity contribution in [2.45, 2.75) is 194 Å². The van der Waals surface area contributed by atoms with Crippen LogP contribution >= 0.6 is 0 Å². The predicted molar refractivity (Wildman–Crippen MR) is 240 cm³/mol. The molecule has 6 saturated heterocycles. The van der Waals surface area contributed by atoms with Crippen molar-refractivity contribution >= 4 is 11.8 Å². The Morgan fingerprint density at radius 3 is 2.20 bits per heavy atom. The Morgan fingerprint density at radius 1 is 0.784 bits per heavy atom. The highest BCUT2D eigenvalue weighted by atomic mass is 16.8. The number of ketones is 1. The molecule has 28 atom stereocenters. The molecule has 0 aromatic carbocycles. The van der Waals surface area contributed by atoms with E-state index >= 15 is 0 Å². The van der Waals surface area contributed by atoms with Crippen LogP contribution in [0.15, 0.2) is 22.8 Å². The van der Waals surface area contributed by atoms with Crippen LogP contribution in [0.5, 0.6) is 0 Å². The molecule has 6 heterocycles. The van der Waals surface area contributed by atoms with E-state index in [1.54, 1.807) is 6.92 Å². The Morgan fingerprint density at radius 2 is 1.49 bits per heavy atom. The third kappa shape index (κ3) is 9.06. The number of carbonyl (C=O) groups is 2. The number of allylic oxidation sites excluding steroid dienone is 1. The van der Waals surface area contributed by atoms with Gasteiger partial charge >= 0.3 is 5.97 Å². The summed E-state index contributed by atoms with van der Waals surface area (Å²) in [6.45, 7) is 3.78. The summed E-state index contributed by atoms with van der Waals surface area (Å²) in [5.41, 5.74) is -0.841. The number of aliphatic hydroxyl groups is 12. The Kier molecular flexibility index (Phi) is 15.4. The average molecular weight is 1060 g/mol. The van der Waals surface area contributed by atoms with Crippen LogP contribution < -0.4 is 0 Å². The molecule has 74 heavy (non-hydrogen) atoms. The van der Waals surface area contributed by atoms with Crippen molar-refractivity contribution in [2.24, 2.45) is 35.0 Å². The number of carbonyl (C=O) groups excluding carboxylic acids is 2. The van der Waals surface area contributed by atoms with Gasteiger partial charge in [-0.3, -0.25) is 9.59 Å². The second-order valence-electron chi connectivity index (χ2n) is 22.3. The number of aliphatic hydroxyl groups excluding tert-OH is 11. The Balaban J connectivity index is 0.955. The maximum Gasteiger partial charge on any atom is 0.302 e. The minimum absolute atomic E-state index is 0.0224. The fourth-order valence-electron chi connectivity index (χ4n) is 13.6. The summed E-state index contributed by atoms with van der Waals surface area (Å²) >= 11 is 0. The molecule has 0 aromatic heterocycles. The molecule has 418 valence electrons. The van der Waals surface area contributed by atoms with Gasteiger partial charge in [-0.15, -0.1) is 0 Å². The lowest BCUT2D eigenvalue weighted by molar-refractivity contribution is -0.387. The standard InChI is InChI=1S/C49H72O25/c1-17-11-68-49(41(61)31(17)55)25(12-64-19(3)51)30-23-7-8-24-22(29(23)34(58)38(30)74-49)6-5-20-9-21(52)10-28(47(20,24)4)70-45-40(37(27(54)14-66-45)71-43-35(59)33(57)26(53)13-65-43)73-44-36(60)39(32(56)18(2)69-44)72-46-42(62)48(63,15-50)16-67-46/h5,17-18,21-22,24-28,30-33,35-46,50,52-57,59-63H,6-16H2,1-4H3/t17-,18-,21+,22+,24-,25-,26+,27-,28+,30-,31+,32-,33-,35+,36+,37-,38+,39+,40+,41-,42-,43-,44-,45-,46-,47-,48+,49-/m0/s1. The van der Waals surface area contributed by atoms with E-state index in [2.05, 4.69) is 0 Å².